The van der Waals surface area contributed by atoms with Crippen molar-refractivity contribution in [3.63, 3.8) is 0 Å². The number of benzene rings is 2. The first kappa shape index (κ1) is 11.1. The van der Waals surface area contributed by atoms with Crippen LogP contribution in [-0.2, 0) is 0 Å². The van der Waals surface area contributed by atoms with Gasteiger partial charge in [0.2, 0.25) is 0 Å². The van der Waals surface area contributed by atoms with Crippen LogP contribution >= 0.6 is 0 Å². The second-order valence-electron chi connectivity index (χ2n) is 4.48. The Morgan fingerprint density at radius 1 is 1.22 bits per heavy atom. The van der Waals surface area contributed by atoms with Gasteiger partial charge in [0.05, 0.1) is 12.2 Å². The highest BCUT2D eigenvalue weighted by molar-refractivity contribution is 5.58. The Balaban J connectivity index is 1.93. The number of hydrogen-bond donors (Lipinski definition) is 1. The largest absolute Gasteiger partial charge is 0.482 e. The SMILES string of the molecule is Cc1ccccc1C1CNc2ccc(F)cc2O1. The first-order chi connectivity index (χ1) is 8.74. The summed E-state index contributed by atoms with van der Waals surface area (Å²) in [6.45, 7) is 2.75. The number of hydrogen-bond acceptors (Lipinski definition) is 2. The monoisotopic (exact) mass is 243 g/mol. The third-order valence-corrected chi connectivity index (χ3v) is 3.23. The molecule has 1 atom stereocenters. The van der Waals surface area contributed by atoms with E-state index in [1.807, 2.05) is 18.2 Å². The van der Waals surface area contributed by atoms with Crippen LogP contribution in [0, 0.1) is 12.7 Å². The van der Waals surface area contributed by atoms with Gasteiger partial charge in [0.1, 0.15) is 17.7 Å². The predicted octanol–water partition coefficient (Wildman–Crippen LogP) is 3.68. The molecule has 1 aliphatic heterocycles. The standard InChI is InChI=1S/C15H14FNO/c1-10-4-2-3-5-12(10)15-9-17-13-7-6-11(16)8-14(13)18-15/h2-8,15,17H,9H2,1H3. The van der Waals surface area contributed by atoms with Gasteiger partial charge >= 0.3 is 0 Å². The number of fused-ring (bicyclic) bond motifs is 1. The third-order valence-electron chi connectivity index (χ3n) is 3.23. The maximum atomic E-state index is 13.2. The van der Waals surface area contributed by atoms with Gasteiger partial charge in [0, 0.05) is 6.07 Å². The zero-order valence-corrected chi connectivity index (χ0v) is 10.1. The van der Waals surface area contributed by atoms with Crippen LogP contribution in [0.3, 0.4) is 0 Å². The van der Waals surface area contributed by atoms with Crippen LogP contribution in [0.2, 0.25) is 0 Å². The number of anilines is 1. The van der Waals surface area contributed by atoms with Crippen molar-refractivity contribution >= 4 is 5.69 Å². The second kappa shape index (κ2) is 4.33. The van der Waals surface area contributed by atoms with Crippen molar-refractivity contribution in [3.8, 4) is 5.75 Å². The zero-order chi connectivity index (χ0) is 12.5. The highest BCUT2D eigenvalue weighted by Gasteiger charge is 2.22. The molecular weight excluding hydrogens is 229 g/mol. The summed E-state index contributed by atoms with van der Waals surface area (Å²) in [5, 5.41) is 3.27. The Morgan fingerprint density at radius 2 is 2.06 bits per heavy atom. The molecule has 92 valence electrons. The molecule has 2 aromatic carbocycles. The molecule has 0 fully saturated rings. The molecule has 0 radical (unpaired) electrons. The van der Waals surface area contributed by atoms with Gasteiger partial charge in [-0.15, -0.1) is 0 Å². The van der Waals surface area contributed by atoms with Gasteiger partial charge in [-0.3, -0.25) is 0 Å². The van der Waals surface area contributed by atoms with Crippen LogP contribution in [-0.4, -0.2) is 6.54 Å². The number of aryl methyl sites for hydroxylation is 1. The molecule has 0 aromatic heterocycles. The minimum Gasteiger partial charge on any atom is -0.482 e. The summed E-state index contributed by atoms with van der Waals surface area (Å²) >= 11 is 0. The molecule has 0 amide bonds. The summed E-state index contributed by atoms with van der Waals surface area (Å²) in [5.74, 6) is 0.301. The molecule has 1 heterocycles. The van der Waals surface area contributed by atoms with Crippen LogP contribution in [0.5, 0.6) is 5.75 Å². The van der Waals surface area contributed by atoms with Gasteiger partial charge in [-0.05, 0) is 30.2 Å². The van der Waals surface area contributed by atoms with E-state index in [4.69, 9.17) is 4.74 Å². The Labute approximate surface area is 105 Å². The smallest absolute Gasteiger partial charge is 0.146 e. The quantitative estimate of drug-likeness (QED) is 0.825. The molecule has 0 bridgehead atoms. The first-order valence-electron chi connectivity index (χ1n) is 5.99. The fourth-order valence-electron chi connectivity index (χ4n) is 2.26. The van der Waals surface area contributed by atoms with Gasteiger partial charge < -0.3 is 10.1 Å². The molecule has 3 rings (SSSR count). The number of rotatable bonds is 1. The van der Waals surface area contributed by atoms with E-state index in [1.54, 1.807) is 6.07 Å². The van der Waals surface area contributed by atoms with Gasteiger partial charge in [0.15, 0.2) is 0 Å². The van der Waals surface area contributed by atoms with Crippen molar-refractivity contribution in [1.82, 2.24) is 0 Å². The van der Waals surface area contributed by atoms with Crippen molar-refractivity contribution in [2.24, 2.45) is 0 Å². The van der Waals surface area contributed by atoms with Crippen LogP contribution < -0.4 is 10.1 Å². The summed E-state index contributed by atoms with van der Waals surface area (Å²) in [6, 6.07) is 12.7. The maximum absolute atomic E-state index is 13.2. The molecule has 0 spiro atoms. The van der Waals surface area contributed by atoms with Crippen LogP contribution in [0.15, 0.2) is 42.5 Å². The van der Waals surface area contributed by atoms with E-state index in [0.717, 1.165) is 11.3 Å². The minimum absolute atomic E-state index is 0.0690. The van der Waals surface area contributed by atoms with E-state index in [9.17, 15) is 4.39 Å². The van der Waals surface area contributed by atoms with Crippen molar-refractivity contribution in [1.29, 1.82) is 0 Å². The summed E-state index contributed by atoms with van der Waals surface area (Å²) < 4.78 is 19.1. The van der Waals surface area contributed by atoms with Crippen molar-refractivity contribution in [2.45, 2.75) is 13.0 Å². The molecule has 0 saturated carbocycles. The van der Waals surface area contributed by atoms with E-state index >= 15 is 0 Å². The fraction of sp³-hybridized carbons (Fsp3) is 0.200. The predicted molar refractivity (Wildman–Crippen MR) is 69.4 cm³/mol. The summed E-state index contributed by atoms with van der Waals surface area (Å²) in [7, 11) is 0. The average molecular weight is 243 g/mol. The Bertz CT molecular complexity index is 582. The summed E-state index contributed by atoms with van der Waals surface area (Å²) in [5.41, 5.74) is 3.17. The molecule has 2 aromatic rings. The third kappa shape index (κ3) is 1.92. The molecule has 1 N–H and O–H groups in total. The summed E-state index contributed by atoms with van der Waals surface area (Å²) in [4.78, 5) is 0. The second-order valence-corrected chi connectivity index (χ2v) is 4.48. The number of halogens is 1. The van der Waals surface area contributed by atoms with Gasteiger partial charge in [-0.25, -0.2) is 4.39 Å². The van der Waals surface area contributed by atoms with Crippen molar-refractivity contribution in [2.75, 3.05) is 11.9 Å². The minimum atomic E-state index is -0.277. The lowest BCUT2D eigenvalue weighted by Crippen LogP contribution is -2.24. The first-order valence-corrected chi connectivity index (χ1v) is 5.99. The molecule has 2 nitrogen and oxygen atoms in total. The Morgan fingerprint density at radius 3 is 2.89 bits per heavy atom. The lowest BCUT2D eigenvalue weighted by atomic mass is 10.0. The van der Waals surface area contributed by atoms with Gasteiger partial charge in [-0.1, -0.05) is 24.3 Å². The Hall–Kier alpha value is -2.03. The van der Waals surface area contributed by atoms with E-state index < -0.39 is 0 Å². The van der Waals surface area contributed by atoms with Gasteiger partial charge in [-0.2, -0.15) is 0 Å². The van der Waals surface area contributed by atoms with E-state index in [2.05, 4.69) is 18.3 Å². The van der Waals surface area contributed by atoms with Crippen molar-refractivity contribution < 1.29 is 9.13 Å². The molecule has 18 heavy (non-hydrogen) atoms. The van der Waals surface area contributed by atoms with Gasteiger partial charge in [0.25, 0.3) is 0 Å². The topological polar surface area (TPSA) is 21.3 Å². The lowest BCUT2D eigenvalue weighted by Gasteiger charge is -2.28. The molecule has 1 aliphatic rings. The average Bonchev–Trinajstić information content (AvgIpc) is 2.38. The molecule has 1 unspecified atom stereocenters. The lowest BCUT2D eigenvalue weighted by molar-refractivity contribution is 0.209. The van der Waals surface area contributed by atoms with E-state index in [1.165, 1.54) is 17.7 Å². The van der Waals surface area contributed by atoms with E-state index in [0.29, 0.717) is 12.3 Å². The molecule has 3 heteroatoms. The number of nitrogens with one attached hydrogen (secondary N) is 1. The Kier molecular flexibility index (Phi) is 2.67. The molecule has 0 aliphatic carbocycles. The summed E-state index contributed by atoms with van der Waals surface area (Å²) in [6.07, 6.45) is -0.0690. The highest BCUT2D eigenvalue weighted by atomic mass is 19.1. The normalized spacial score (nSPS) is 17.6. The van der Waals surface area contributed by atoms with Crippen LogP contribution in [0.4, 0.5) is 10.1 Å². The molecular formula is C15H14FNO. The zero-order valence-electron chi connectivity index (χ0n) is 10.1. The van der Waals surface area contributed by atoms with Crippen LogP contribution in [0.25, 0.3) is 0 Å². The van der Waals surface area contributed by atoms with Crippen molar-refractivity contribution in [3.05, 3.63) is 59.4 Å². The van der Waals surface area contributed by atoms with Crippen LogP contribution in [0.1, 0.15) is 17.2 Å². The number of ether oxygens (including phenoxy) is 1. The van der Waals surface area contributed by atoms with E-state index in [-0.39, 0.29) is 11.9 Å². The molecule has 0 saturated heterocycles. The highest BCUT2D eigenvalue weighted by Crippen LogP contribution is 2.35. The fourth-order valence-corrected chi connectivity index (χ4v) is 2.26. The maximum Gasteiger partial charge on any atom is 0.146 e.